The van der Waals surface area contributed by atoms with E-state index in [0.717, 1.165) is 58.4 Å². The molecule has 1 fully saturated rings. The first-order valence-corrected chi connectivity index (χ1v) is 11.9. The summed E-state index contributed by atoms with van der Waals surface area (Å²) in [5.74, 6) is 1.45. The summed E-state index contributed by atoms with van der Waals surface area (Å²) in [7, 11) is 0. The summed E-state index contributed by atoms with van der Waals surface area (Å²) in [4.78, 5) is 27.7. The molecule has 1 aliphatic rings. The zero-order valence-electron chi connectivity index (χ0n) is 19.5. The minimum Gasteiger partial charge on any atom is -0.449 e. The van der Waals surface area contributed by atoms with E-state index in [0.29, 0.717) is 18.7 Å². The molecule has 5 rings (SSSR count). The number of rotatable bonds is 7. The Labute approximate surface area is 203 Å². The number of hydrogen-bond donors (Lipinski definition) is 2. The Bertz CT molecular complexity index is 1390. The lowest BCUT2D eigenvalue weighted by Crippen LogP contribution is -2.18. The average molecular weight is 470 g/mol. The number of carboxylic acid groups (broad SMARTS) is 1. The third-order valence-corrected chi connectivity index (χ3v) is 6.41. The zero-order chi connectivity index (χ0) is 24.4. The third kappa shape index (κ3) is 4.75. The Hall–Kier alpha value is -4.13. The number of carbonyl (C=O) groups excluding carboxylic acids is 1. The van der Waals surface area contributed by atoms with E-state index in [2.05, 4.69) is 41.1 Å². The lowest BCUT2D eigenvalue weighted by molar-refractivity contribution is -0.119. The van der Waals surface area contributed by atoms with Crippen molar-refractivity contribution in [2.45, 2.75) is 45.2 Å². The molecule has 0 aliphatic carbocycles. The van der Waals surface area contributed by atoms with Crippen LogP contribution in [0.4, 0.5) is 4.79 Å². The minimum atomic E-state index is -1.33. The third-order valence-electron chi connectivity index (χ3n) is 6.41. The van der Waals surface area contributed by atoms with Crippen LogP contribution >= 0.6 is 0 Å². The Morgan fingerprint density at radius 1 is 1.14 bits per heavy atom. The molecule has 2 heterocycles. The molecule has 0 saturated carbocycles. The minimum absolute atomic E-state index is 0.0530. The lowest BCUT2D eigenvalue weighted by atomic mass is 10.0. The van der Waals surface area contributed by atoms with Crippen molar-refractivity contribution in [3.8, 4) is 16.9 Å². The van der Waals surface area contributed by atoms with Gasteiger partial charge in [-0.15, -0.1) is 0 Å². The molecular formula is C28H27N3O4. The molecule has 1 aromatic heterocycles. The highest BCUT2D eigenvalue weighted by atomic mass is 16.7. The molecule has 7 heteroatoms. The molecule has 1 unspecified atom stereocenters. The fourth-order valence-corrected chi connectivity index (χ4v) is 4.72. The molecular weight excluding hydrogens is 442 g/mol. The summed E-state index contributed by atoms with van der Waals surface area (Å²) in [5.41, 5.74) is 5.85. The van der Waals surface area contributed by atoms with Crippen molar-refractivity contribution in [2.24, 2.45) is 0 Å². The molecule has 35 heavy (non-hydrogen) atoms. The van der Waals surface area contributed by atoms with Crippen molar-refractivity contribution in [1.29, 1.82) is 0 Å². The van der Waals surface area contributed by atoms with Gasteiger partial charge >= 0.3 is 6.16 Å². The van der Waals surface area contributed by atoms with Gasteiger partial charge in [0.05, 0.1) is 17.1 Å². The highest BCUT2D eigenvalue weighted by Gasteiger charge is 2.23. The molecule has 0 bridgehead atoms. The Balaban J connectivity index is 1.46. The maximum Gasteiger partial charge on any atom is 0.511 e. The van der Waals surface area contributed by atoms with Gasteiger partial charge < -0.3 is 19.7 Å². The SMILES string of the molecule is CCCc1nc2ccc(C3CCC(=O)N3)cc2n1Cc1ccc(-c2ccccc2OC(=O)O)cc1. The molecule has 1 atom stereocenters. The topological polar surface area (TPSA) is 93.5 Å². The van der Waals surface area contributed by atoms with Gasteiger partial charge in [0.2, 0.25) is 5.91 Å². The standard InChI is InChI=1S/C28H27N3O4/c1-2-5-26-29-23-13-12-20(22-14-15-27(32)30-22)16-24(23)31(26)17-18-8-10-19(11-9-18)21-6-3-4-7-25(21)35-28(33)34/h3-4,6-13,16,22H,2,5,14-15,17H2,1H3,(H,30,32)(H,33,34). The Morgan fingerprint density at radius 3 is 2.66 bits per heavy atom. The number of nitrogens with one attached hydrogen (secondary N) is 1. The van der Waals surface area contributed by atoms with Crippen LogP contribution in [-0.2, 0) is 17.8 Å². The predicted molar refractivity (Wildman–Crippen MR) is 133 cm³/mol. The number of para-hydroxylation sites is 1. The van der Waals surface area contributed by atoms with Gasteiger partial charge in [-0.25, -0.2) is 9.78 Å². The second-order valence-electron chi connectivity index (χ2n) is 8.83. The monoisotopic (exact) mass is 469 g/mol. The number of nitrogens with zero attached hydrogens (tertiary/aromatic N) is 2. The maximum atomic E-state index is 11.7. The molecule has 2 N–H and O–H groups in total. The number of fused-ring (bicyclic) bond motifs is 1. The molecule has 7 nitrogen and oxygen atoms in total. The van der Waals surface area contributed by atoms with E-state index < -0.39 is 6.16 Å². The first-order chi connectivity index (χ1) is 17.0. The quantitative estimate of drug-likeness (QED) is 0.267. The van der Waals surface area contributed by atoms with Crippen LogP contribution in [0.3, 0.4) is 0 Å². The summed E-state index contributed by atoms with van der Waals surface area (Å²) in [5, 5.41) is 12.1. The predicted octanol–water partition coefficient (Wildman–Crippen LogP) is 5.71. The van der Waals surface area contributed by atoms with Crippen LogP contribution in [0.2, 0.25) is 0 Å². The number of aromatic nitrogens is 2. The van der Waals surface area contributed by atoms with Crippen LogP contribution in [0.1, 0.15) is 49.2 Å². The second-order valence-corrected chi connectivity index (χ2v) is 8.83. The van der Waals surface area contributed by atoms with Gasteiger partial charge in [-0.3, -0.25) is 4.79 Å². The molecule has 3 aromatic carbocycles. The summed E-state index contributed by atoms with van der Waals surface area (Å²) in [6.07, 6.45) is 1.92. The van der Waals surface area contributed by atoms with E-state index in [9.17, 15) is 9.59 Å². The van der Waals surface area contributed by atoms with E-state index in [1.165, 1.54) is 0 Å². The first kappa shape index (κ1) is 22.7. The molecule has 1 aliphatic heterocycles. The van der Waals surface area contributed by atoms with Gasteiger partial charge in [0.1, 0.15) is 11.6 Å². The van der Waals surface area contributed by atoms with E-state index in [1.54, 1.807) is 12.1 Å². The number of amides is 1. The second kappa shape index (κ2) is 9.62. The highest BCUT2D eigenvalue weighted by Crippen LogP contribution is 2.31. The van der Waals surface area contributed by atoms with Gasteiger partial charge in [-0.1, -0.05) is 55.5 Å². The number of imidazole rings is 1. The van der Waals surface area contributed by atoms with E-state index in [1.807, 2.05) is 30.3 Å². The van der Waals surface area contributed by atoms with E-state index in [4.69, 9.17) is 14.8 Å². The number of aryl methyl sites for hydroxylation is 1. The van der Waals surface area contributed by atoms with E-state index in [-0.39, 0.29) is 11.9 Å². The van der Waals surface area contributed by atoms with Crippen molar-refractivity contribution < 1.29 is 19.4 Å². The van der Waals surface area contributed by atoms with Gasteiger partial charge in [0.15, 0.2) is 0 Å². The molecule has 0 spiro atoms. The largest absolute Gasteiger partial charge is 0.511 e. The van der Waals surface area contributed by atoms with Crippen LogP contribution in [0.5, 0.6) is 5.75 Å². The first-order valence-electron chi connectivity index (χ1n) is 11.9. The fourth-order valence-electron chi connectivity index (χ4n) is 4.72. The van der Waals surface area contributed by atoms with Crippen molar-refractivity contribution >= 4 is 23.1 Å². The van der Waals surface area contributed by atoms with Gasteiger partial charge in [0.25, 0.3) is 0 Å². The number of hydrogen-bond acceptors (Lipinski definition) is 4. The van der Waals surface area contributed by atoms with Crippen molar-refractivity contribution in [2.75, 3.05) is 0 Å². The van der Waals surface area contributed by atoms with Crippen LogP contribution in [-0.4, -0.2) is 26.7 Å². The Morgan fingerprint density at radius 2 is 1.94 bits per heavy atom. The van der Waals surface area contributed by atoms with Gasteiger partial charge in [-0.2, -0.15) is 0 Å². The maximum absolute atomic E-state index is 11.7. The molecule has 1 amide bonds. The normalized spacial score (nSPS) is 15.3. The van der Waals surface area contributed by atoms with Gasteiger partial charge in [0, 0.05) is 24.9 Å². The van der Waals surface area contributed by atoms with Gasteiger partial charge in [-0.05, 0) is 47.7 Å². The lowest BCUT2D eigenvalue weighted by Gasteiger charge is -2.13. The van der Waals surface area contributed by atoms with Crippen LogP contribution < -0.4 is 10.1 Å². The highest BCUT2D eigenvalue weighted by molar-refractivity contribution is 5.81. The van der Waals surface area contributed by atoms with Crippen LogP contribution in [0.15, 0.2) is 66.7 Å². The van der Waals surface area contributed by atoms with Crippen molar-refractivity contribution in [3.63, 3.8) is 0 Å². The average Bonchev–Trinajstić information content (AvgIpc) is 3.43. The molecule has 0 radical (unpaired) electrons. The smallest absolute Gasteiger partial charge is 0.449 e. The summed E-state index contributed by atoms with van der Waals surface area (Å²) in [6.45, 7) is 2.81. The summed E-state index contributed by atoms with van der Waals surface area (Å²) in [6, 6.07) is 21.5. The van der Waals surface area contributed by atoms with Crippen LogP contribution in [0.25, 0.3) is 22.2 Å². The number of benzene rings is 3. The zero-order valence-corrected chi connectivity index (χ0v) is 19.5. The fraction of sp³-hybridized carbons (Fsp3) is 0.250. The van der Waals surface area contributed by atoms with Crippen molar-refractivity contribution in [1.82, 2.24) is 14.9 Å². The molecule has 1 saturated heterocycles. The number of carbonyl (C=O) groups is 2. The molecule has 178 valence electrons. The van der Waals surface area contributed by atoms with Crippen LogP contribution in [0, 0.1) is 0 Å². The van der Waals surface area contributed by atoms with E-state index >= 15 is 0 Å². The van der Waals surface area contributed by atoms with Crippen molar-refractivity contribution in [3.05, 3.63) is 83.7 Å². The molecule has 4 aromatic rings. The number of ether oxygens (including phenoxy) is 1. The Kier molecular flexibility index (Phi) is 6.23. The summed E-state index contributed by atoms with van der Waals surface area (Å²) < 4.78 is 7.20. The summed E-state index contributed by atoms with van der Waals surface area (Å²) >= 11 is 0.